The molecule has 0 unspecified atom stereocenters. The highest BCUT2D eigenvalue weighted by atomic mass is 79.9. The van der Waals surface area contributed by atoms with Gasteiger partial charge < -0.3 is 9.84 Å². The second-order valence-electron chi connectivity index (χ2n) is 2.60. The number of phenols is 1. The Bertz CT molecular complexity index is 351. The fraction of sp³-hybridized carbons (Fsp3) is 0.100. The lowest BCUT2D eigenvalue weighted by atomic mass is 10.2. The van der Waals surface area contributed by atoms with E-state index in [0.29, 0.717) is 0 Å². The van der Waals surface area contributed by atoms with E-state index in [-0.39, 0.29) is 5.75 Å². The van der Waals surface area contributed by atoms with Gasteiger partial charge in [-0.3, -0.25) is 0 Å². The number of halogens is 1. The Labute approximate surface area is 90.1 Å². The Balaban J connectivity index is 2.86. The van der Waals surface area contributed by atoms with Crippen LogP contribution in [0.15, 0.2) is 28.7 Å². The average molecular weight is 257 g/mol. The van der Waals surface area contributed by atoms with Gasteiger partial charge in [-0.1, -0.05) is 15.9 Å². The van der Waals surface area contributed by atoms with Crippen LogP contribution < -0.4 is 0 Å². The van der Waals surface area contributed by atoms with Gasteiger partial charge in [0.25, 0.3) is 0 Å². The molecular weight excluding hydrogens is 248 g/mol. The Morgan fingerprint density at radius 1 is 1.50 bits per heavy atom. The van der Waals surface area contributed by atoms with Crippen molar-refractivity contribution in [2.75, 3.05) is 7.11 Å². The van der Waals surface area contributed by atoms with Crippen LogP contribution in [0.3, 0.4) is 0 Å². The predicted molar refractivity (Wildman–Crippen MR) is 56.9 cm³/mol. The van der Waals surface area contributed by atoms with Gasteiger partial charge in [-0.25, -0.2) is 4.79 Å². The van der Waals surface area contributed by atoms with E-state index in [2.05, 4.69) is 20.7 Å². The van der Waals surface area contributed by atoms with Crippen molar-refractivity contribution in [1.29, 1.82) is 0 Å². The lowest BCUT2D eigenvalue weighted by Crippen LogP contribution is -1.93. The van der Waals surface area contributed by atoms with Gasteiger partial charge in [0.15, 0.2) is 0 Å². The van der Waals surface area contributed by atoms with Crippen LogP contribution in [-0.2, 0) is 9.53 Å². The summed E-state index contributed by atoms with van der Waals surface area (Å²) in [6.45, 7) is 0. The second-order valence-corrected chi connectivity index (χ2v) is 3.51. The van der Waals surface area contributed by atoms with Crippen molar-refractivity contribution >= 4 is 28.0 Å². The summed E-state index contributed by atoms with van der Waals surface area (Å²) in [6, 6.07) is 4.89. The van der Waals surface area contributed by atoms with Crippen LogP contribution in [0.1, 0.15) is 5.56 Å². The summed E-state index contributed by atoms with van der Waals surface area (Å²) in [6.07, 6.45) is 2.86. The molecule has 0 aliphatic heterocycles. The van der Waals surface area contributed by atoms with E-state index in [9.17, 15) is 9.90 Å². The maximum absolute atomic E-state index is 10.8. The first-order valence-electron chi connectivity index (χ1n) is 3.87. The van der Waals surface area contributed by atoms with Gasteiger partial charge in [0.2, 0.25) is 0 Å². The molecule has 0 aliphatic rings. The summed E-state index contributed by atoms with van der Waals surface area (Å²) in [5.74, 6) is -0.284. The molecule has 0 fully saturated rings. The molecule has 0 saturated heterocycles. The van der Waals surface area contributed by atoms with E-state index in [4.69, 9.17) is 0 Å². The zero-order chi connectivity index (χ0) is 10.6. The van der Waals surface area contributed by atoms with Crippen molar-refractivity contribution in [2.24, 2.45) is 0 Å². The summed E-state index contributed by atoms with van der Waals surface area (Å²) >= 11 is 3.23. The van der Waals surface area contributed by atoms with E-state index >= 15 is 0 Å². The molecule has 1 aromatic carbocycles. The van der Waals surface area contributed by atoms with Gasteiger partial charge in [-0.2, -0.15) is 0 Å². The van der Waals surface area contributed by atoms with Crippen LogP contribution in [0.5, 0.6) is 5.75 Å². The third-order valence-corrected chi connectivity index (χ3v) is 1.98. The van der Waals surface area contributed by atoms with Gasteiger partial charge in [0.1, 0.15) is 5.75 Å². The normalized spacial score (nSPS) is 10.4. The number of rotatable bonds is 2. The molecule has 0 atom stereocenters. The van der Waals surface area contributed by atoms with Crippen LogP contribution in [0, 0.1) is 0 Å². The number of ether oxygens (including phenoxy) is 1. The fourth-order valence-corrected chi connectivity index (χ4v) is 1.42. The first-order valence-corrected chi connectivity index (χ1v) is 4.66. The Kier molecular flexibility index (Phi) is 3.71. The second kappa shape index (κ2) is 4.81. The number of methoxy groups -OCH3 is 1. The van der Waals surface area contributed by atoms with Gasteiger partial charge in [0, 0.05) is 10.5 Å². The lowest BCUT2D eigenvalue weighted by molar-refractivity contribution is -0.134. The molecule has 0 heterocycles. The smallest absolute Gasteiger partial charge is 0.330 e. The molecule has 1 N–H and O–H groups in total. The monoisotopic (exact) mass is 256 g/mol. The third-order valence-electron chi connectivity index (χ3n) is 1.52. The molecule has 0 saturated carbocycles. The fourth-order valence-electron chi connectivity index (χ4n) is 0.925. The molecule has 0 aliphatic carbocycles. The van der Waals surface area contributed by atoms with Crippen molar-refractivity contribution in [2.45, 2.75) is 0 Å². The van der Waals surface area contributed by atoms with Crippen LogP contribution in [-0.4, -0.2) is 18.2 Å². The van der Waals surface area contributed by atoms with Crippen LogP contribution in [0.2, 0.25) is 0 Å². The van der Waals surface area contributed by atoms with E-state index < -0.39 is 5.97 Å². The number of aromatic hydroxyl groups is 1. The van der Waals surface area contributed by atoms with Crippen LogP contribution in [0.4, 0.5) is 0 Å². The minimum absolute atomic E-state index is 0.142. The zero-order valence-corrected chi connectivity index (χ0v) is 9.11. The molecule has 3 nitrogen and oxygen atoms in total. The Morgan fingerprint density at radius 2 is 2.21 bits per heavy atom. The maximum atomic E-state index is 10.8. The Hall–Kier alpha value is -1.29. The Morgan fingerprint density at radius 3 is 2.79 bits per heavy atom. The van der Waals surface area contributed by atoms with Crippen molar-refractivity contribution in [3.05, 3.63) is 34.3 Å². The molecule has 0 bridgehead atoms. The SMILES string of the molecule is COC(=O)C=Cc1cc(O)cc(Br)c1. The number of phenolic OH excluding ortho intramolecular Hbond substituents is 1. The van der Waals surface area contributed by atoms with Crippen LogP contribution in [0.25, 0.3) is 6.08 Å². The molecule has 1 aromatic rings. The summed E-state index contributed by atoms with van der Waals surface area (Å²) < 4.78 is 5.18. The van der Waals surface area contributed by atoms with Gasteiger partial charge >= 0.3 is 5.97 Å². The number of carbonyl (C=O) groups excluding carboxylic acids is 1. The van der Waals surface area contributed by atoms with Crippen LogP contribution >= 0.6 is 15.9 Å². The van der Waals surface area contributed by atoms with Crippen molar-refractivity contribution < 1.29 is 14.6 Å². The number of esters is 1. The largest absolute Gasteiger partial charge is 0.508 e. The van der Waals surface area contributed by atoms with E-state index in [1.807, 2.05) is 0 Å². The van der Waals surface area contributed by atoms with E-state index in [0.717, 1.165) is 10.0 Å². The maximum Gasteiger partial charge on any atom is 0.330 e. The molecule has 0 amide bonds. The minimum atomic E-state index is -0.426. The minimum Gasteiger partial charge on any atom is -0.508 e. The van der Waals surface area contributed by atoms with Crippen molar-refractivity contribution in [1.82, 2.24) is 0 Å². The molecule has 0 radical (unpaired) electrons. The number of hydrogen-bond acceptors (Lipinski definition) is 3. The molecule has 0 spiro atoms. The number of hydrogen-bond donors (Lipinski definition) is 1. The summed E-state index contributed by atoms with van der Waals surface area (Å²) in [5.41, 5.74) is 0.724. The number of carbonyl (C=O) groups is 1. The lowest BCUT2D eigenvalue weighted by Gasteiger charge is -1.97. The molecule has 0 aromatic heterocycles. The molecule has 14 heavy (non-hydrogen) atoms. The van der Waals surface area contributed by atoms with E-state index in [1.165, 1.54) is 13.2 Å². The zero-order valence-electron chi connectivity index (χ0n) is 7.53. The molecule has 1 rings (SSSR count). The van der Waals surface area contributed by atoms with Gasteiger partial charge in [-0.15, -0.1) is 0 Å². The first-order chi connectivity index (χ1) is 6.61. The van der Waals surface area contributed by atoms with Gasteiger partial charge in [-0.05, 0) is 29.8 Å². The first kappa shape index (κ1) is 10.8. The third kappa shape index (κ3) is 3.22. The van der Waals surface area contributed by atoms with E-state index in [1.54, 1.807) is 24.3 Å². The predicted octanol–water partition coefficient (Wildman–Crippen LogP) is 2.34. The molecule has 4 heteroatoms. The average Bonchev–Trinajstić information content (AvgIpc) is 2.12. The van der Waals surface area contributed by atoms with Gasteiger partial charge in [0.05, 0.1) is 7.11 Å². The highest BCUT2D eigenvalue weighted by molar-refractivity contribution is 9.10. The summed E-state index contributed by atoms with van der Waals surface area (Å²) in [5, 5.41) is 9.24. The summed E-state index contributed by atoms with van der Waals surface area (Å²) in [4.78, 5) is 10.8. The quantitative estimate of drug-likeness (QED) is 0.653. The highest BCUT2D eigenvalue weighted by Gasteiger charge is 1.96. The number of benzene rings is 1. The van der Waals surface area contributed by atoms with Crippen molar-refractivity contribution in [3.8, 4) is 5.75 Å². The molecule has 74 valence electrons. The van der Waals surface area contributed by atoms with Crippen molar-refractivity contribution in [3.63, 3.8) is 0 Å². The molecular formula is C10H9BrO3. The topological polar surface area (TPSA) is 46.5 Å². The summed E-state index contributed by atoms with van der Waals surface area (Å²) in [7, 11) is 1.31. The standard InChI is InChI=1S/C10H9BrO3/c1-14-10(13)3-2-7-4-8(11)6-9(12)5-7/h2-6,12H,1H3. The highest BCUT2D eigenvalue weighted by Crippen LogP contribution is 2.20.